The highest BCUT2D eigenvalue weighted by molar-refractivity contribution is 5.95. The van der Waals surface area contributed by atoms with Crippen LogP contribution in [0.25, 0.3) is 11.4 Å². The first-order valence-corrected chi connectivity index (χ1v) is 11.3. The molecule has 1 saturated carbocycles. The summed E-state index contributed by atoms with van der Waals surface area (Å²) in [5, 5.41) is 5.72. The van der Waals surface area contributed by atoms with Crippen molar-refractivity contribution < 1.29 is 9.59 Å². The van der Waals surface area contributed by atoms with E-state index in [0.29, 0.717) is 36.1 Å². The van der Waals surface area contributed by atoms with Crippen LogP contribution >= 0.6 is 0 Å². The summed E-state index contributed by atoms with van der Waals surface area (Å²) in [6, 6.07) is 10.2. The molecule has 164 valence electrons. The van der Waals surface area contributed by atoms with Gasteiger partial charge in [-0.25, -0.2) is 9.97 Å². The highest BCUT2D eigenvalue weighted by Gasteiger charge is 2.38. The van der Waals surface area contributed by atoms with Crippen molar-refractivity contribution in [3.8, 4) is 11.4 Å². The first kappa shape index (κ1) is 21.4. The minimum absolute atomic E-state index is 0.00760. The first-order valence-electron chi connectivity index (χ1n) is 11.3. The summed E-state index contributed by atoms with van der Waals surface area (Å²) in [6.45, 7) is 1.47. The van der Waals surface area contributed by atoms with Crippen molar-refractivity contribution in [3.05, 3.63) is 47.8 Å². The summed E-state index contributed by atoms with van der Waals surface area (Å²) in [4.78, 5) is 36.4. The van der Waals surface area contributed by atoms with E-state index in [-0.39, 0.29) is 17.9 Å². The Labute approximate surface area is 183 Å². The molecule has 7 nitrogen and oxygen atoms in total. The van der Waals surface area contributed by atoms with E-state index in [1.165, 1.54) is 32.1 Å². The number of benzene rings is 1. The lowest BCUT2D eigenvalue weighted by Gasteiger charge is -2.46. The van der Waals surface area contributed by atoms with Gasteiger partial charge in [0.2, 0.25) is 5.91 Å². The van der Waals surface area contributed by atoms with Gasteiger partial charge in [0.25, 0.3) is 5.91 Å². The van der Waals surface area contributed by atoms with Crippen molar-refractivity contribution in [3.63, 3.8) is 0 Å². The van der Waals surface area contributed by atoms with E-state index < -0.39 is 0 Å². The fourth-order valence-corrected chi connectivity index (χ4v) is 4.62. The summed E-state index contributed by atoms with van der Waals surface area (Å²) >= 11 is 0. The summed E-state index contributed by atoms with van der Waals surface area (Å²) in [5.41, 5.74) is 1.99. The fraction of sp³-hybridized carbons (Fsp3) is 0.500. The van der Waals surface area contributed by atoms with E-state index in [1.54, 1.807) is 13.2 Å². The van der Waals surface area contributed by atoms with Crippen molar-refractivity contribution >= 4 is 11.8 Å². The summed E-state index contributed by atoms with van der Waals surface area (Å²) < 4.78 is 0. The van der Waals surface area contributed by atoms with Gasteiger partial charge in [-0.1, -0.05) is 49.6 Å². The molecular weight excluding hydrogens is 390 g/mol. The zero-order valence-corrected chi connectivity index (χ0v) is 18.1. The standard InChI is InChI=1S/C24H31N5O2/c1-25-23(30)19-16-27-22(17-8-4-2-5-9-17)28-20(19)12-14-26-24(31)21-13-15-29(21)18-10-6-3-7-11-18/h2,4-5,8-9,16,18,21H,3,6-7,10-15H2,1H3,(H,25,30)(H,26,31)/t21-/m0/s1. The van der Waals surface area contributed by atoms with E-state index >= 15 is 0 Å². The predicted octanol–water partition coefficient (Wildman–Crippen LogP) is 2.57. The maximum atomic E-state index is 12.8. The Hall–Kier alpha value is -2.80. The molecule has 2 aromatic rings. The average Bonchev–Trinajstić information content (AvgIpc) is 2.79. The number of rotatable bonds is 7. The fourth-order valence-electron chi connectivity index (χ4n) is 4.62. The highest BCUT2D eigenvalue weighted by atomic mass is 16.2. The van der Waals surface area contributed by atoms with Crippen molar-refractivity contribution in [2.45, 2.75) is 57.0 Å². The number of hydrogen-bond donors (Lipinski definition) is 2. The molecule has 2 N–H and O–H groups in total. The van der Waals surface area contributed by atoms with Crippen molar-refractivity contribution in [1.82, 2.24) is 25.5 Å². The number of nitrogens with one attached hydrogen (secondary N) is 2. The minimum Gasteiger partial charge on any atom is -0.355 e. The van der Waals surface area contributed by atoms with Gasteiger partial charge in [0, 0.05) is 44.4 Å². The number of nitrogens with zero attached hydrogens (tertiary/aromatic N) is 3. The van der Waals surface area contributed by atoms with Gasteiger partial charge in [0.15, 0.2) is 5.82 Å². The Morgan fingerprint density at radius 3 is 2.55 bits per heavy atom. The highest BCUT2D eigenvalue weighted by Crippen LogP contribution is 2.30. The second-order valence-electron chi connectivity index (χ2n) is 8.37. The topological polar surface area (TPSA) is 87.2 Å². The second-order valence-corrected chi connectivity index (χ2v) is 8.37. The number of carbonyl (C=O) groups excluding carboxylic acids is 2. The molecule has 1 saturated heterocycles. The van der Waals surface area contributed by atoms with Gasteiger partial charge in [-0.15, -0.1) is 0 Å². The van der Waals surface area contributed by atoms with Gasteiger partial charge >= 0.3 is 0 Å². The van der Waals surface area contributed by atoms with Gasteiger partial charge < -0.3 is 10.6 Å². The van der Waals surface area contributed by atoms with Crippen LogP contribution < -0.4 is 10.6 Å². The summed E-state index contributed by atoms with van der Waals surface area (Å²) in [6.07, 6.45) is 9.26. The number of hydrogen-bond acceptors (Lipinski definition) is 5. The normalized spacial score (nSPS) is 19.5. The molecule has 2 aliphatic rings. The molecule has 1 aromatic heterocycles. The van der Waals surface area contributed by atoms with E-state index in [0.717, 1.165) is 18.5 Å². The lowest BCUT2D eigenvalue weighted by Crippen LogP contribution is -2.60. The maximum Gasteiger partial charge on any atom is 0.254 e. The lowest BCUT2D eigenvalue weighted by atomic mass is 9.89. The van der Waals surface area contributed by atoms with Gasteiger partial charge in [0.1, 0.15) is 0 Å². The minimum atomic E-state index is -0.219. The lowest BCUT2D eigenvalue weighted by molar-refractivity contribution is -0.133. The molecule has 2 fully saturated rings. The van der Waals surface area contributed by atoms with Crippen LogP contribution in [-0.4, -0.2) is 58.9 Å². The van der Waals surface area contributed by atoms with E-state index in [2.05, 4.69) is 25.5 Å². The summed E-state index contributed by atoms with van der Waals surface area (Å²) in [7, 11) is 1.59. The number of carbonyl (C=O) groups is 2. The molecule has 0 unspecified atom stereocenters. The SMILES string of the molecule is CNC(=O)c1cnc(-c2ccccc2)nc1CCNC(=O)[C@@H]1CCN1C1CCCCC1. The Balaban J connectivity index is 1.40. The van der Waals surface area contributed by atoms with Crippen LogP contribution in [0.4, 0.5) is 0 Å². The molecule has 0 bridgehead atoms. The van der Waals surface area contributed by atoms with Crippen molar-refractivity contribution in [2.24, 2.45) is 0 Å². The molecule has 0 radical (unpaired) electrons. The van der Waals surface area contributed by atoms with Crippen LogP contribution in [0.15, 0.2) is 36.5 Å². The smallest absolute Gasteiger partial charge is 0.254 e. The molecule has 1 atom stereocenters. The molecule has 1 aromatic carbocycles. The van der Waals surface area contributed by atoms with Crippen LogP contribution in [0.5, 0.6) is 0 Å². The second kappa shape index (κ2) is 10.0. The van der Waals surface area contributed by atoms with Crippen molar-refractivity contribution in [2.75, 3.05) is 20.1 Å². The molecule has 31 heavy (non-hydrogen) atoms. The van der Waals surface area contributed by atoms with Gasteiger partial charge in [0.05, 0.1) is 17.3 Å². The van der Waals surface area contributed by atoms with E-state index in [4.69, 9.17) is 0 Å². The quantitative estimate of drug-likeness (QED) is 0.718. The van der Waals surface area contributed by atoms with Crippen LogP contribution in [0.1, 0.15) is 54.6 Å². The van der Waals surface area contributed by atoms with E-state index in [9.17, 15) is 9.59 Å². The zero-order chi connectivity index (χ0) is 21.6. The van der Waals surface area contributed by atoms with Gasteiger partial charge in [-0.05, 0) is 19.3 Å². The number of amides is 2. The molecule has 2 heterocycles. The number of likely N-dealkylation sites (tertiary alicyclic amines) is 1. The Bertz CT molecular complexity index is 911. The Kier molecular flexibility index (Phi) is 6.92. The molecule has 1 aliphatic heterocycles. The van der Waals surface area contributed by atoms with Gasteiger partial charge in [-0.2, -0.15) is 0 Å². The predicted molar refractivity (Wildman–Crippen MR) is 120 cm³/mol. The molecule has 1 aliphatic carbocycles. The van der Waals surface area contributed by atoms with Crippen LogP contribution in [-0.2, 0) is 11.2 Å². The van der Waals surface area contributed by atoms with E-state index in [1.807, 2.05) is 30.3 Å². The third-order valence-electron chi connectivity index (χ3n) is 6.44. The molecule has 4 rings (SSSR count). The third-order valence-corrected chi connectivity index (χ3v) is 6.44. The zero-order valence-electron chi connectivity index (χ0n) is 18.1. The first-order chi connectivity index (χ1) is 15.2. The molecular formula is C24H31N5O2. The van der Waals surface area contributed by atoms with Crippen molar-refractivity contribution in [1.29, 1.82) is 0 Å². The molecule has 0 spiro atoms. The average molecular weight is 422 g/mol. The molecule has 7 heteroatoms. The Morgan fingerprint density at radius 2 is 1.87 bits per heavy atom. The van der Waals surface area contributed by atoms with Crippen LogP contribution in [0.3, 0.4) is 0 Å². The summed E-state index contributed by atoms with van der Waals surface area (Å²) in [5.74, 6) is 0.455. The van der Waals surface area contributed by atoms with Crippen LogP contribution in [0, 0.1) is 0 Å². The monoisotopic (exact) mass is 421 g/mol. The molecule has 2 amide bonds. The third kappa shape index (κ3) is 4.93. The van der Waals surface area contributed by atoms with Crippen LogP contribution in [0.2, 0.25) is 0 Å². The largest absolute Gasteiger partial charge is 0.355 e. The van der Waals surface area contributed by atoms with Gasteiger partial charge in [-0.3, -0.25) is 14.5 Å². The number of aromatic nitrogens is 2. The Morgan fingerprint density at radius 1 is 1.10 bits per heavy atom. The maximum absolute atomic E-state index is 12.8.